The van der Waals surface area contributed by atoms with Crippen LogP contribution in [0.1, 0.15) is 5.56 Å². The minimum absolute atomic E-state index is 1.12. The molecule has 0 heterocycles. The van der Waals surface area contributed by atoms with Crippen molar-refractivity contribution in [2.45, 2.75) is 0 Å². The van der Waals surface area contributed by atoms with Gasteiger partial charge in [0.25, 0.3) is 0 Å². The molecule has 0 aliphatic heterocycles. The lowest BCUT2D eigenvalue weighted by Crippen LogP contribution is -1.64. The minimum Gasteiger partial charge on any atom is -0.0781 e. The second-order valence-electron chi connectivity index (χ2n) is 1.88. The summed E-state index contributed by atoms with van der Waals surface area (Å²) in [5.74, 6) is 0. The SMILES string of the molecule is C=C=C=Cc1ccccc1. The molecule has 0 bridgehead atoms. The maximum Gasteiger partial charge on any atom is -0.00430 e. The fourth-order valence-electron chi connectivity index (χ4n) is 0.684. The van der Waals surface area contributed by atoms with Crippen LogP contribution in [-0.2, 0) is 0 Å². The van der Waals surface area contributed by atoms with E-state index in [9.17, 15) is 0 Å². The van der Waals surface area contributed by atoms with Gasteiger partial charge in [0, 0.05) is 0 Å². The second-order valence-corrected chi connectivity index (χ2v) is 1.88. The van der Waals surface area contributed by atoms with Gasteiger partial charge < -0.3 is 0 Å². The van der Waals surface area contributed by atoms with Crippen molar-refractivity contribution in [2.24, 2.45) is 0 Å². The molecule has 0 N–H and O–H groups in total. The van der Waals surface area contributed by atoms with Crippen molar-refractivity contribution in [3.63, 3.8) is 0 Å². The molecule has 0 aromatic heterocycles. The quantitative estimate of drug-likeness (QED) is 0.510. The van der Waals surface area contributed by atoms with Crippen LogP contribution in [0.5, 0.6) is 0 Å². The molecule has 1 rings (SSSR count). The summed E-state index contributed by atoms with van der Waals surface area (Å²) in [7, 11) is 0. The van der Waals surface area contributed by atoms with Crippen LogP contribution >= 0.6 is 0 Å². The molecule has 0 heteroatoms. The first-order chi connectivity index (χ1) is 4.93. The van der Waals surface area contributed by atoms with Gasteiger partial charge in [-0.1, -0.05) is 41.8 Å². The van der Waals surface area contributed by atoms with Gasteiger partial charge in [0.1, 0.15) is 0 Å². The molecule has 0 aliphatic carbocycles. The molecule has 48 valence electrons. The fraction of sp³-hybridized carbons (Fsp3) is 0. The Balaban J connectivity index is 2.97. The maximum absolute atomic E-state index is 3.41. The zero-order chi connectivity index (χ0) is 7.23. The van der Waals surface area contributed by atoms with Crippen LogP contribution in [0.15, 0.2) is 48.4 Å². The van der Waals surface area contributed by atoms with Crippen molar-refractivity contribution in [3.8, 4) is 0 Å². The first-order valence-corrected chi connectivity index (χ1v) is 3.09. The second kappa shape index (κ2) is 3.53. The van der Waals surface area contributed by atoms with Crippen molar-refractivity contribution in [1.82, 2.24) is 0 Å². The highest BCUT2D eigenvalue weighted by Gasteiger charge is 1.77. The highest BCUT2D eigenvalue weighted by atomic mass is 13.8. The lowest BCUT2D eigenvalue weighted by molar-refractivity contribution is 1.66. The Bertz CT molecular complexity index is 270. The smallest absolute Gasteiger partial charge is 0.00430 e. The summed E-state index contributed by atoms with van der Waals surface area (Å²) in [6, 6.07) is 9.96. The van der Waals surface area contributed by atoms with Crippen molar-refractivity contribution < 1.29 is 0 Å². The van der Waals surface area contributed by atoms with E-state index in [0.717, 1.165) is 5.56 Å². The van der Waals surface area contributed by atoms with Crippen LogP contribution in [0.25, 0.3) is 6.08 Å². The topological polar surface area (TPSA) is 0 Å². The molecule has 0 nitrogen and oxygen atoms in total. The molecule has 0 saturated heterocycles. The molecule has 0 spiro atoms. The Hall–Kier alpha value is -1.48. The summed E-state index contributed by atoms with van der Waals surface area (Å²) < 4.78 is 0. The van der Waals surface area contributed by atoms with Crippen LogP contribution in [0, 0.1) is 0 Å². The predicted octanol–water partition coefficient (Wildman–Crippen LogP) is 2.64. The van der Waals surface area contributed by atoms with E-state index >= 15 is 0 Å². The van der Waals surface area contributed by atoms with Gasteiger partial charge in [-0.05, 0) is 18.2 Å². The third kappa shape index (κ3) is 1.80. The molecule has 0 aliphatic rings. The Kier molecular flexibility index (Phi) is 2.34. The summed E-state index contributed by atoms with van der Waals surface area (Å²) in [6.07, 6.45) is 1.84. The summed E-state index contributed by atoms with van der Waals surface area (Å²) in [6.45, 7) is 3.41. The average Bonchev–Trinajstić information content (AvgIpc) is 2.03. The molecule has 0 amide bonds. The van der Waals surface area contributed by atoms with Crippen molar-refractivity contribution in [1.29, 1.82) is 0 Å². The van der Waals surface area contributed by atoms with Gasteiger partial charge in [-0.15, -0.1) is 0 Å². The molecule has 1 aromatic rings. The average molecular weight is 128 g/mol. The third-order valence-corrected chi connectivity index (χ3v) is 1.14. The molecule has 0 atom stereocenters. The van der Waals surface area contributed by atoms with Gasteiger partial charge in [0.15, 0.2) is 0 Å². The maximum atomic E-state index is 3.41. The van der Waals surface area contributed by atoms with Gasteiger partial charge in [-0.2, -0.15) is 0 Å². The lowest BCUT2D eigenvalue weighted by Gasteiger charge is -1.85. The standard InChI is InChI=1S/C10H8/c1-2-3-7-10-8-5-4-6-9-10/h4-9H,1H2. The number of benzene rings is 1. The van der Waals surface area contributed by atoms with Gasteiger partial charge in [0.2, 0.25) is 0 Å². The van der Waals surface area contributed by atoms with E-state index < -0.39 is 0 Å². The first-order valence-electron chi connectivity index (χ1n) is 3.09. The fourth-order valence-corrected chi connectivity index (χ4v) is 0.684. The van der Waals surface area contributed by atoms with Crippen molar-refractivity contribution >= 4 is 6.08 Å². The predicted molar refractivity (Wildman–Crippen MR) is 43.6 cm³/mol. The lowest BCUT2D eigenvalue weighted by atomic mass is 10.2. The van der Waals surface area contributed by atoms with Crippen LogP contribution in [-0.4, -0.2) is 0 Å². The normalized spacial score (nSPS) is 7.60. The van der Waals surface area contributed by atoms with Gasteiger partial charge in [0.05, 0.1) is 0 Å². The summed E-state index contributed by atoms with van der Waals surface area (Å²) in [5.41, 5.74) is 6.46. The van der Waals surface area contributed by atoms with Gasteiger partial charge in [-0.3, -0.25) is 0 Å². The third-order valence-electron chi connectivity index (χ3n) is 1.14. The van der Waals surface area contributed by atoms with E-state index in [1.54, 1.807) is 0 Å². The molecule has 0 unspecified atom stereocenters. The molecule has 1 aromatic carbocycles. The summed E-state index contributed by atoms with van der Waals surface area (Å²) in [4.78, 5) is 0. The highest BCUT2D eigenvalue weighted by molar-refractivity contribution is 5.47. The Morgan fingerprint density at radius 2 is 1.90 bits per heavy atom. The van der Waals surface area contributed by atoms with E-state index in [0.29, 0.717) is 0 Å². The molecule has 0 fully saturated rings. The van der Waals surface area contributed by atoms with Crippen LogP contribution in [0.3, 0.4) is 0 Å². The first kappa shape index (κ1) is 6.64. The van der Waals surface area contributed by atoms with Gasteiger partial charge in [-0.25, -0.2) is 0 Å². The Morgan fingerprint density at radius 1 is 1.20 bits per heavy atom. The van der Waals surface area contributed by atoms with Crippen molar-refractivity contribution in [2.75, 3.05) is 0 Å². The van der Waals surface area contributed by atoms with Crippen LogP contribution in [0.4, 0.5) is 0 Å². The highest BCUT2D eigenvalue weighted by Crippen LogP contribution is 1.98. The van der Waals surface area contributed by atoms with Crippen LogP contribution < -0.4 is 0 Å². The minimum atomic E-state index is 1.12. The van der Waals surface area contributed by atoms with E-state index in [4.69, 9.17) is 0 Å². The number of hydrogen-bond donors (Lipinski definition) is 0. The van der Waals surface area contributed by atoms with E-state index in [1.165, 1.54) is 0 Å². The largest absolute Gasteiger partial charge is 0.0781 e. The summed E-state index contributed by atoms with van der Waals surface area (Å²) in [5, 5.41) is 0. The van der Waals surface area contributed by atoms with Gasteiger partial charge >= 0.3 is 0 Å². The number of hydrogen-bond acceptors (Lipinski definition) is 0. The molecular formula is C10H8. The zero-order valence-electron chi connectivity index (χ0n) is 5.67. The molecular weight excluding hydrogens is 120 g/mol. The molecule has 0 saturated carbocycles. The Morgan fingerprint density at radius 3 is 2.50 bits per heavy atom. The molecule has 10 heavy (non-hydrogen) atoms. The monoisotopic (exact) mass is 128 g/mol. The van der Waals surface area contributed by atoms with E-state index in [-0.39, 0.29) is 0 Å². The molecule has 0 radical (unpaired) electrons. The van der Waals surface area contributed by atoms with Crippen LogP contribution in [0.2, 0.25) is 0 Å². The van der Waals surface area contributed by atoms with E-state index in [2.05, 4.69) is 18.0 Å². The Labute approximate surface area is 60.8 Å². The number of rotatable bonds is 1. The summed E-state index contributed by atoms with van der Waals surface area (Å²) >= 11 is 0. The van der Waals surface area contributed by atoms with E-state index in [1.807, 2.05) is 36.4 Å². The zero-order valence-corrected chi connectivity index (χ0v) is 5.67. The van der Waals surface area contributed by atoms with Crippen molar-refractivity contribution in [3.05, 3.63) is 53.9 Å².